The molecule has 0 radical (unpaired) electrons. The van der Waals surface area contributed by atoms with Crippen LogP contribution in [0.25, 0.3) is 0 Å². The standard InChI is InChI=1S/C14H23NO4/c1-13(2,3)19-12(18)15-8-9-5-6-10(15)14(4,7-9)11(16)17/h9-10H,5-8H2,1-4H3,(H,16,17)/t9-,10+,14+/m0/s1. The first-order chi connectivity index (χ1) is 8.63. The van der Waals surface area contributed by atoms with Gasteiger partial charge in [0.15, 0.2) is 0 Å². The number of rotatable bonds is 1. The van der Waals surface area contributed by atoms with Crippen LogP contribution in [0.1, 0.15) is 47.0 Å². The van der Waals surface area contributed by atoms with Gasteiger partial charge < -0.3 is 14.7 Å². The molecule has 0 unspecified atom stereocenters. The van der Waals surface area contributed by atoms with Gasteiger partial charge >= 0.3 is 12.1 Å². The van der Waals surface area contributed by atoms with E-state index in [1.165, 1.54) is 0 Å². The Hall–Kier alpha value is -1.26. The van der Waals surface area contributed by atoms with E-state index in [4.69, 9.17) is 4.74 Å². The molecule has 2 saturated heterocycles. The third kappa shape index (κ3) is 2.55. The zero-order valence-electron chi connectivity index (χ0n) is 12.1. The van der Waals surface area contributed by atoms with Crippen molar-refractivity contribution in [1.82, 2.24) is 4.90 Å². The second-order valence-corrected chi connectivity index (χ2v) is 7.02. The lowest BCUT2D eigenvalue weighted by Gasteiger charge is -2.53. The first-order valence-electron chi connectivity index (χ1n) is 6.86. The molecule has 0 aromatic rings. The molecule has 3 aliphatic rings. The molecule has 3 rings (SSSR count). The number of ether oxygens (including phenoxy) is 1. The van der Waals surface area contributed by atoms with Gasteiger partial charge in [-0.1, -0.05) is 0 Å². The van der Waals surface area contributed by atoms with Crippen molar-refractivity contribution < 1.29 is 19.4 Å². The van der Waals surface area contributed by atoms with E-state index >= 15 is 0 Å². The predicted molar refractivity (Wildman–Crippen MR) is 69.8 cm³/mol. The van der Waals surface area contributed by atoms with Gasteiger partial charge in [0.1, 0.15) is 5.60 Å². The molecule has 1 amide bonds. The molecular formula is C14H23NO4. The van der Waals surface area contributed by atoms with Crippen molar-refractivity contribution in [2.24, 2.45) is 11.3 Å². The van der Waals surface area contributed by atoms with Crippen LogP contribution in [-0.4, -0.2) is 40.3 Å². The zero-order chi connectivity index (χ0) is 14.4. The fourth-order valence-corrected chi connectivity index (χ4v) is 3.36. The minimum Gasteiger partial charge on any atom is -0.481 e. The highest BCUT2D eigenvalue weighted by molar-refractivity contribution is 5.78. The van der Waals surface area contributed by atoms with E-state index in [9.17, 15) is 14.7 Å². The summed E-state index contributed by atoms with van der Waals surface area (Å²) in [7, 11) is 0. The molecule has 5 nitrogen and oxygen atoms in total. The molecule has 0 aromatic heterocycles. The molecule has 0 spiro atoms. The molecule has 2 aliphatic heterocycles. The molecule has 0 aromatic carbocycles. The van der Waals surface area contributed by atoms with E-state index in [0.29, 0.717) is 13.0 Å². The summed E-state index contributed by atoms with van der Waals surface area (Å²) in [6, 6.07) is -0.246. The third-order valence-corrected chi connectivity index (χ3v) is 4.24. The van der Waals surface area contributed by atoms with Crippen LogP contribution in [0.5, 0.6) is 0 Å². The molecule has 3 fully saturated rings. The van der Waals surface area contributed by atoms with Gasteiger partial charge in [-0.25, -0.2) is 4.79 Å². The first-order valence-corrected chi connectivity index (χ1v) is 6.86. The van der Waals surface area contributed by atoms with Crippen molar-refractivity contribution in [2.75, 3.05) is 6.54 Å². The number of nitrogens with zero attached hydrogens (tertiary/aromatic N) is 1. The lowest BCUT2D eigenvalue weighted by Crippen LogP contribution is -2.62. The molecule has 1 aliphatic carbocycles. The van der Waals surface area contributed by atoms with E-state index < -0.39 is 17.0 Å². The van der Waals surface area contributed by atoms with E-state index in [1.54, 1.807) is 11.8 Å². The smallest absolute Gasteiger partial charge is 0.410 e. The normalized spacial score (nSPS) is 34.2. The fraction of sp³-hybridized carbons (Fsp3) is 0.857. The van der Waals surface area contributed by atoms with Gasteiger partial charge in [0, 0.05) is 6.54 Å². The van der Waals surface area contributed by atoms with E-state index in [2.05, 4.69) is 0 Å². The van der Waals surface area contributed by atoms with Crippen LogP contribution in [0.2, 0.25) is 0 Å². The summed E-state index contributed by atoms with van der Waals surface area (Å²) in [5.74, 6) is -0.533. The van der Waals surface area contributed by atoms with E-state index in [-0.39, 0.29) is 18.1 Å². The van der Waals surface area contributed by atoms with Gasteiger partial charge in [0.2, 0.25) is 0 Å². The summed E-state index contributed by atoms with van der Waals surface area (Å²) in [4.78, 5) is 25.4. The van der Waals surface area contributed by atoms with Crippen molar-refractivity contribution in [3.63, 3.8) is 0 Å². The molecule has 19 heavy (non-hydrogen) atoms. The Morgan fingerprint density at radius 3 is 2.42 bits per heavy atom. The van der Waals surface area contributed by atoms with Crippen LogP contribution < -0.4 is 0 Å². The maximum absolute atomic E-state index is 12.2. The number of carboxylic acid groups (broad SMARTS) is 1. The number of carboxylic acids is 1. The van der Waals surface area contributed by atoms with Crippen LogP contribution in [0.3, 0.4) is 0 Å². The third-order valence-electron chi connectivity index (χ3n) is 4.24. The molecular weight excluding hydrogens is 246 g/mol. The highest BCUT2D eigenvalue weighted by atomic mass is 16.6. The summed E-state index contributed by atoms with van der Waals surface area (Å²) in [6.45, 7) is 7.85. The largest absolute Gasteiger partial charge is 0.481 e. The monoisotopic (exact) mass is 269 g/mol. The topological polar surface area (TPSA) is 66.8 Å². The number of hydrogen-bond acceptors (Lipinski definition) is 3. The maximum atomic E-state index is 12.2. The predicted octanol–water partition coefficient (Wildman–Crippen LogP) is 2.50. The Bertz CT molecular complexity index is 401. The molecule has 5 heteroatoms. The molecule has 3 atom stereocenters. The number of amides is 1. The minimum atomic E-state index is -0.835. The summed E-state index contributed by atoms with van der Waals surface area (Å²) >= 11 is 0. The quantitative estimate of drug-likeness (QED) is 0.794. The van der Waals surface area contributed by atoms with Crippen molar-refractivity contribution in [3.05, 3.63) is 0 Å². The average Bonchev–Trinajstić information content (AvgIpc) is 2.26. The van der Waals surface area contributed by atoms with Gasteiger partial charge in [-0.3, -0.25) is 4.79 Å². The summed E-state index contributed by atoms with van der Waals surface area (Å²) in [5, 5.41) is 9.47. The van der Waals surface area contributed by atoms with Crippen LogP contribution in [-0.2, 0) is 9.53 Å². The lowest BCUT2D eigenvalue weighted by atomic mass is 9.63. The number of aliphatic carboxylic acids is 1. The van der Waals surface area contributed by atoms with Gasteiger partial charge in [-0.15, -0.1) is 0 Å². The first kappa shape index (κ1) is 14.2. The second kappa shape index (κ2) is 4.39. The van der Waals surface area contributed by atoms with Crippen molar-refractivity contribution in [2.45, 2.75) is 58.6 Å². The van der Waals surface area contributed by atoms with Gasteiger partial charge in [-0.2, -0.15) is 0 Å². The van der Waals surface area contributed by atoms with E-state index in [0.717, 1.165) is 12.8 Å². The van der Waals surface area contributed by atoms with Gasteiger partial charge in [0.05, 0.1) is 11.5 Å². The molecule has 1 saturated carbocycles. The number of fused-ring (bicyclic) bond motifs is 3. The van der Waals surface area contributed by atoms with Gasteiger partial charge in [0.25, 0.3) is 0 Å². The van der Waals surface area contributed by atoms with Crippen LogP contribution >= 0.6 is 0 Å². The van der Waals surface area contributed by atoms with Crippen molar-refractivity contribution in [1.29, 1.82) is 0 Å². The molecule has 1 N–H and O–H groups in total. The number of carbonyl (C=O) groups excluding carboxylic acids is 1. The maximum Gasteiger partial charge on any atom is 0.410 e. The van der Waals surface area contributed by atoms with Crippen LogP contribution in [0, 0.1) is 11.3 Å². The molecule has 2 bridgehead atoms. The Balaban J connectivity index is 2.19. The number of piperidine rings is 2. The van der Waals surface area contributed by atoms with Crippen molar-refractivity contribution in [3.8, 4) is 0 Å². The SMILES string of the molecule is CC(C)(C)OC(=O)N1C[C@H]2CC[C@@H]1[C@](C)(C(=O)O)C2. The number of hydrogen-bond donors (Lipinski definition) is 1. The Morgan fingerprint density at radius 1 is 1.32 bits per heavy atom. The molecule has 2 heterocycles. The van der Waals surface area contributed by atoms with Gasteiger partial charge in [-0.05, 0) is 52.9 Å². The van der Waals surface area contributed by atoms with Crippen LogP contribution in [0.15, 0.2) is 0 Å². The fourth-order valence-electron chi connectivity index (χ4n) is 3.36. The van der Waals surface area contributed by atoms with Crippen molar-refractivity contribution >= 4 is 12.1 Å². The highest BCUT2D eigenvalue weighted by Gasteiger charge is 2.54. The lowest BCUT2D eigenvalue weighted by molar-refractivity contribution is -0.161. The van der Waals surface area contributed by atoms with E-state index in [1.807, 2.05) is 20.8 Å². The highest BCUT2D eigenvalue weighted by Crippen LogP contribution is 2.47. The minimum absolute atomic E-state index is 0.246. The Kier molecular flexibility index (Phi) is 3.27. The Morgan fingerprint density at radius 2 is 1.95 bits per heavy atom. The summed E-state index contributed by atoms with van der Waals surface area (Å²) in [5.41, 5.74) is -1.38. The van der Waals surface area contributed by atoms with Crippen LogP contribution in [0.4, 0.5) is 4.79 Å². The molecule has 108 valence electrons. The number of carbonyl (C=O) groups is 2. The average molecular weight is 269 g/mol. The zero-order valence-corrected chi connectivity index (χ0v) is 12.1. The summed E-state index contributed by atoms with van der Waals surface area (Å²) in [6.07, 6.45) is 2.04. The second-order valence-electron chi connectivity index (χ2n) is 7.02. The summed E-state index contributed by atoms with van der Waals surface area (Å²) < 4.78 is 5.40. The Labute approximate surface area is 113 Å².